The number of anilines is 1. The lowest BCUT2D eigenvalue weighted by atomic mass is 10.1. The summed E-state index contributed by atoms with van der Waals surface area (Å²) < 4.78 is 0. The first-order valence-corrected chi connectivity index (χ1v) is 3.94. The molecular weight excluding hydrogens is 172 g/mol. The molecule has 1 aromatic carbocycles. The Morgan fingerprint density at radius 1 is 1.25 bits per heavy atom. The smallest absolute Gasteiger partial charge is 0.0642 e. The van der Waals surface area contributed by atoms with Crippen LogP contribution in [0, 0.1) is 0 Å². The maximum absolute atomic E-state index is 5.83. The number of halogens is 1. The molecule has 0 aliphatic carbocycles. The summed E-state index contributed by atoms with van der Waals surface area (Å²) >= 11 is 5.83. The van der Waals surface area contributed by atoms with E-state index >= 15 is 0 Å². The van der Waals surface area contributed by atoms with E-state index in [0.29, 0.717) is 10.7 Å². The highest BCUT2D eigenvalue weighted by atomic mass is 35.5. The number of rotatable bonds is 0. The van der Waals surface area contributed by atoms with E-state index in [2.05, 4.69) is 4.98 Å². The molecule has 2 nitrogen and oxygen atoms in total. The molecule has 0 aliphatic heterocycles. The fourth-order valence-electron chi connectivity index (χ4n) is 1.13. The highest BCUT2D eigenvalue weighted by Gasteiger charge is 1.98. The quantitative estimate of drug-likeness (QED) is 0.630. The summed E-state index contributed by atoms with van der Waals surface area (Å²) in [7, 11) is 0. The Labute approximate surface area is 75.0 Å². The normalized spacial score (nSPS) is 10.4. The number of pyridine rings is 1. The average Bonchev–Trinajstić information content (AvgIpc) is 2.07. The number of nitrogens with zero attached hydrogens (tertiary/aromatic N) is 1. The lowest BCUT2D eigenvalue weighted by molar-refractivity contribution is 1.36. The average molecular weight is 179 g/mol. The summed E-state index contributed by atoms with van der Waals surface area (Å²) in [4.78, 5) is 3.98. The zero-order valence-corrected chi connectivity index (χ0v) is 7.05. The van der Waals surface area contributed by atoms with Gasteiger partial charge in [-0.3, -0.25) is 4.98 Å². The van der Waals surface area contributed by atoms with Crippen molar-refractivity contribution < 1.29 is 0 Å². The second-order valence-electron chi connectivity index (χ2n) is 2.60. The van der Waals surface area contributed by atoms with Crippen molar-refractivity contribution in [2.75, 3.05) is 5.73 Å². The first-order chi connectivity index (χ1) is 5.77. The SMILES string of the molecule is Nc1cc2ccncc2cc1Cl. The lowest BCUT2D eigenvalue weighted by Gasteiger charge is -2.00. The number of hydrogen-bond donors (Lipinski definition) is 1. The Kier molecular flexibility index (Phi) is 1.62. The van der Waals surface area contributed by atoms with Crippen LogP contribution in [0.25, 0.3) is 10.8 Å². The monoisotopic (exact) mass is 178 g/mol. The Balaban J connectivity index is 2.84. The van der Waals surface area contributed by atoms with Crippen molar-refractivity contribution >= 4 is 28.1 Å². The van der Waals surface area contributed by atoms with E-state index in [-0.39, 0.29) is 0 Å². The molecule has 0 fully saturated rings. The maximum atomic E-state index is 5.83. The fourth-order valence-corrected chi connectivity index (χ4v) is 1.30. The third kappa shape index (κ3) is 1.10. The van der Waals surface area contributed by atoms with Gasteiger partial charge in [0.15, 0.2) is 0 Å². The molecule has 1 aromatic heterocycles. The van der Waals surface area contributed by atoms with Crippen LogP contribution < -0.4 is 5.73 Å². The first-order valence-electron chi connectivity index (χ1n) is 3.56. The number of benzene rings is 1. The Morgan fingerprint density at radius 3 is 2.92 bits per heavy atom. The Hall–Kier alpha value is -1.28. The van der Waals surface area contributed by atoms with Crippen LogP contribution in [0.3, 0.4) is 0 Å². The van der Waals surface area contributed by atoms with Crippen LogP contribution in [-0.4, -0.2) is 4.98 Å². The molecule has 0 saturated carbocycles. The molecule has 0 aliphatic rings. The van der Waals surface area contributed by atoms with Crippen molar-refractivity contribution in [2.45, 2.75) is 0 Å². The van der Waals surface area contributed by atoms with Gasteiger partial charge in [0, 0.05) is 17.8 Å². The van der Waals surface area contributed by atoms with E-state index in [4.69, 9.17) is 17.3 Å². The molecular formula is C9H7ClN2. The van der Waals surface area contributed by atoms with Gasteiger partial charge in [-0.25, -0.2) is 0 Å². The molecule has 2 N–H and O–H groups in total. The van der Waals surface area contributed by atoms with E-state index in [1.807, 2.05) is 18.2 Å². The van der Waals surface area contributed by atoms with Gasteiger partial charge in [-0.05, 0) is 23.6 Å². The van der Waals surface area contributed by atoms with Crippen LogP contribution in [0.4, 0.5) is 5.69 Å². The zero-order valence-electron chi connectivity index (χ0n) is 6.29. The van der Waals surface area contributed by atoms with Crippen molar-refractivity contribution in [3.8, 4) is 0 Å². The number of hydrogen-bond acceptors (Lipinski definition) is 2. The molecule has 60 valence electrons. The highest BCUT2D eigenvalue weighted by molar-refractivity contribution is 6.33. The topological polar surface area (TPSA) is 38.9 Å². The second kappa shape index (κ2) is 2.64. The van der Waals surface area contributed by atoms with Gasteiger partial charge in [0.2, 0.25) is 0 Å². The Morgan fingerprint density at radius 2 is 2.08 bits per heavy atom. The number of aromatic nitrogens is 1. The van der Waals surface area contributed by atoms with Gasteiger partial charge < -0.3 is 5.73 Å². The minimum Gasteiger partial charge on any atom is -0.398 e. The lowest BCUT2D eigenvalue weighted by Crippen LogP contribution is -1.86. The van der Waals surface area contributed by atoms with Gasteiger partial charge >= 0.3 is 0 Å². The summed E-state index contributed by atoms with van der Waals surface area (Å²) in [5, 5.41) is 2.65. The largest absolute Gasteiger partial charge is 0.398 e. The maximum Gasteiger partial charge on any atom is 0.0642 e. The van der Waals surface area contributed by atoms with Gasteiger partial charge in [-0.15, -0.1) is 0 Å². The summed E-state index contributed by atoms with van der Waals surface area (Å²) in [5.41, 5.74) is 6.24. The molecule has 2 aromatic rings. The van der Waals surface area contributed by atoms with Gasteiger partial charge in [0.05, 0.1) is 10.7 Å². The minimum atomic E-state index is 0.579. The third-order valence-corrected chi connectivity index (χ3v) is 2.08. The molecule has 0 amide bonds. The Bertz CT molecular complexity index is 385. The van der Waals surface area contributed by atoms with Crippen LogP contribution in [0.1, 0.15) is 0 Å². The highest BCUT2D eigenvalue weighted by Crippen LogP contribution is 2.24. The molecule has 0 bridgehead atoms. The number of nitrogens with two attached hydrogens (primary N) is 1. The third-order valence-electron chi connectivity index (χ3n) is 1.76. The standard InChI is InChI=1S/C9H7ClN2/c10-8-3-7-5-12-2-1-6(7)4-9(8)11/h1-5H,11H2. The van der Waals surface area contributed by atoms with Crippen LogP contribution in [-0.2, 0) is 0 Å². The molecule has 1 heterocycles. The van der Waals surface area contributed by atoms with Crippen molar-refractivity contribution in [2.24, 2.45) is 0 Å². The van der Waals surface area contributed by atoms with Gasteiger partial charge in [0.1, 0.15) is 0 Å². The van der Waals surface area contributed by atoms with Crippen LogP contribution >= 0.6 is 11.6 Å². The van der Waals surface area contributed by atoms with E-state index in [1.54, 1.807) is 12.4 Å². The second-order valence-corrected chi connectivity index (χ2v) is 3.00. The van der Waals surface area contributed by atoms with Crippen molar-refractivity contribution in [1.29, 1.82) is 0 Å². The van der Waals surface area contributed by atoms with Crippen LogP contribution in [0.15, 0.2) is 30.6 Å². The van der Waals surface area contributed by atoms with E-state index < -0.39 is 0 Å². The molecule has 12 heavy (non-hydrogen) atoms. The van der Waals surface area contributed by atoms with Crippen molar-refractivity contribution in [3.05, 3.63) is 35.6 Å². The molecule has 0 unspecified atom stereocenters. The fraction of sp³-hybridized carbons (Fsp3) is 0. The summed E-state index contributed by atoms with van der Waals surface area (Å²) in [5.74, 6) is 0. The van der Waals surface area contributed by atoms with Gasteiger partial charge in [-0.2, -0.15) is 0 Å². The predicted octanol–water partition coefficient (Wildman–Crippen LogP) is 2.47. The van der Waals surface area contributed by atoms with Crippen LogP contribution in [0.2, 0.25) is 5.02 Å². The van der Waals surface area contributed by atoms with E-state index in [0.717, 1.165) is 10.8 Å². The molecule has 0 spiro atoms. The molecule has 2 rings (SSSR count). The molecule has 0 saturated heterocycles. The molecule has 0 radical (unpaired) electrons. The van der Waals surface area contributed by atoms with Gasteiger partial charge in [0.25, 0.3) is 0 Å². The predicted molar refractivity (Wildman–Crippen MR) is 51.2 cm³/mol. The number of fused-ring (bicyclic) bond motifs is 1. The van der Waals surface area contributed by atoms with Gasteiger partial charge in [-0.1, -0.05) is 11.6 Å². The molecule has 3 heteroatoms. The summed E-state index contributed by atoms with van der Waals surface area (Å²) in [6.45, 7) is 0. The van der Waals surface area contributed by atoms with Crippen LogP contribution in [0.5, 0.6) is 0 Å². The van der Waals surface area contributed by atoms with Crippen molar-refractivity contribution in [1.82, 2.24) is 4.98 Å². The number of nitrogen functional groups attached to an aromatic ring is 1. The van der Waals surface area contributed by atoms with E-state index in [1.165, 1.54) is 0 Å². The molecule has 0 atom stereocenters. The summed E-state index contributed by atoms with van der Waals surface area (Å²) in [6.07, 6.45) is 3.50. The summed E-state index contributed by atoms with van der Waals surface area (Å²) in [6, 6.07) is 5.57. The minimum absolute atomic E-state index is 0.579. The first kappa shape index (κ1) is 7.37. The van der Waals surface area contributed by atoms with E-state index in [9.17, 15) is 0 Å². The zero-order chi connectivity index (χ0) is 8.55. The van der Waals surface area contributed by atoms with Crippen molar-refractivity contribution in [3.63, 3.8) is 0 Å².